The molecule has 1 fully saturated rings. The molecule has 0 aromatic rings. The smallest absolute Gasteiger partial charge is 0.224 e. The molecular formula is C13H22N2O. The normalized spacial score (nSPS) is 19.9. The highest BCUT2D eigenvalue weighted by Gasteiger charge is 2.23. The Labute approximate surface area is 98.2 Å². The summed E-state index contributed by atoms with van der Waals surface area (Å²) in [6, 6.07) is 1.82. The van der Waals surface area contributed by atoms with Gasteiger partial charge in [0.2, 0.25) is 5.91 Å². The standard InChI is InChI=1S/C13H22N2O/c1-10(2)12(9-14)15-13(16)11-7-5-3-4-6-8-11/h10-12H,3-8H2,1-2H3,(H,15,16). The van der Waals surface area contributed by atoms with Gasteiger partial charge in [0, 0.05) is 5.92 Å². The van der Waals surface area contributed by atoms with Gasteiger partial charge in [0.25, 0.3) is 0 Å². The number of carbonyl (C=O) groups is 1. The molecule has 1 aliphatic carbocycles. The summed E-state index contributed by atoms with van der Waals surface area (Å²) >= 11 is 0. The molecule has 0 heterocycles. The minimum absolute atomic E-state index is 0.0853. The quantitative estimate of drug-likeness (QED) is 0.746. The van der Waals surface area contributed by atoms with Gasteiger partial charge in [0.05, 0.1) is 6.07 Å². The van der Waals surface area contributed by atoms with Crippen LogP contribution in [0, 0.1) is 23.2 Å². The van der Waals surface area contributed by atoms with E-state index in [0.29, 0.717) is 0 Å². The minimum Gasteiger partial charge on any atom is -0.340 e. The first-order chi connectivity index (χ1) is 7.65. The van der Waals surface area contributed by atoms with Crippen LogP contribution in [0.25, 0.3) is 0 Å². The monoisotopic (exact) mass is 222 g/mol. The molecule has 1 saturated carbocycles. The van der Waals surface area contributed by atoms with E-state index in [-0.39, 0.29) is 23.8 Å². The van der Waals surface area contributed by atoms with E-state index in [2.05, 4.69) is 11.4 Å². The van der Waals surface area contributed by atoms with E-state index in [1.165, 1.54) is 12.8 Å². The van der Waals surface area contributed by atoms with Gasteiger partial charge in [-0.1, -0.05) is 39.5 Å². The largest absolute Gasteiger partial charge is 0.340 e. The molecule has 3 heteroatoms. The van der Waals surface area contributed by atoms with Crippen LogP contribution in [-0.2, 0) is 4.79 Å². The van der Waals surface area contributed by atoms with Gasteiger partial charge < -0.3 is 5.32 Å². The van der Waals surface area contributed by atoms with Crippen LogP contribution >= 0.6 is 0 Å². The van der Waals surface area contributed by atoms with Crippen molar-refractivity contribution in [2.75, 3.05) is 0 Å². The van der Waals surface area contributed by atoms with Crippen LogP contribution in [0.15, 0.2) is 0 Å². The summed E-state index contributed by atoms with van der Waals surface area (Å²) < 4.78 is 0. The molecule has 1 N–H and O–H groups in total. The molecular weight excluding hydrogens is 200 g/mol. The number of hydrogen-bond acceptors (Lipinski definition) is 2. The van der Waals surface area contributed by atoms with Gasteiger partial charge in [0.1, 0.15) is 6.04 Å². The SMILES string of the molecule is CC(C)C(C#N)NC(=O)C1CCCCCC1. The Hall–Kier alpha value is -1.04. The van der Waals surface area contributed by atoms with Crippen molar-refractivity contribution in [2.45, 2.75) is 58.4 Å². The molecule has 0 saturated heterocycles. The van der Waals surface area contributed by atoms with Crippen molar-refractivity contribution in [2.24, 2.45) is 11.8 Å². The van der Waals surface area contributed by atoms with Gasteiger partial charge in [-0.3, -0.25) is 4.79 Å². The van der Waals surface area contributed by atoms with Gasteiger partial charge in [0.15, 0.2) is 0 Å². The molecule has 1 amide bonds. The van der Waals surface area contributed by atoms with Crippen molar-refractivity contribution >= 4 is 5.91 Å². The van der Waals surface area contributed by atoms with Crippen molar-refractivity contribution in [3.63, 3.8) is 0 Å². The predicted octanol–water partition coefficient (Wildman–Crippen LogP) is 2.62. The van der Waals surface area contributed by atoms with Gasteiger partial charge in [-0.25, -0.2) is 0 Å². The van der Waals surface area contributed by atoms with Crippen LogP contribution in [0.3, 0.4) is 0 Å². The molecule has 0 radical (unpaired) electrons. The second-order valence-corrected chi connectivity index (χ2v) is 5.05. The summed E-state index contributed by atoms with van der Waals surface area (Å²) in [4.78, 5) is 12.0. The van der Waals surface area contributed by atoms with Crippen molar-refractivity contribution < 1.29 is 4.79 Å². The molecule has 1 aliphatic rings. The van der Waals surface area contributed by atoms with E-state index in [1.807, 2.05) is 13.8 Å². The zero-order chi connectivity index (χ0) is 12.0. The van der Waals surface area contributed by atoms with Crippen LogP contribution in [0.4, 0.5) is 0 Å². The fourth-order valence-electron chi connectivity index (χ4n) is 2.16. The molecule has 90 valence electrons. The van der Waals surface area contributed by atoms with Crippen LogP contribution in [0.2, 0.25) is 0 Å². The maximum Gasteiger partial charge on any atom is 0.224 e. The maximum atomic E-state index is 12.0. The molecule has 1 rings (SSSR count). The van der Waals surface area contributed by atoms with Gasteiger partial charge >= 0.3 is 0 Å². The third-order valence-corrected chi connectivity index (χ3v) is 3.33. The Morgan fingerprint density at radius 2 is 1.81 bits per heavy atom. The van der Waals surface area contributed by atoms with Crippen molar-refractivity contribution in [1.82, 2.24) is 5.32 Å². The number of nitrogens with one attached hydrogen (secondary N) is 1. The Bertz CT molecular complexity index is 260. The second-order valence-electron chi connectivity index (χ2n) is 5.05. The Morgan fingerprint density at radius 3 is 2.25 bits per heavy atom. The molecule has 0 aromatic carbocycles. The summed E-state index contributed by atoms with van der Waals surface area (Å²) in [6.45, 7) is 3.92. The number of hydrogen-bond donors (Lipinski definition) is 1. The van der Waals surface area contributed by atoms with Crippen LogP contribution in [0.1, 0.15) is 52.4 Å². The van der Waals surface area contributed by atoms with E-state index in [1.54, 1.807) is 0 Å². The average molecular weight is 222 g/mol. The number of nitriles is 1. The molecule has 1 unspecified atom stereocenters. The van der Waals surface area contributed by atoms with Crippen molar-refractivity contribution in [3.8, 4) is 6.07 Å². The Kier molecular flexibility index (Phi) is 5.31. The number of amides is 1. The summed E-state index contributed by atoms with van der Waals surface area (Å²) in [5.74, 6) is 0.402. The van der Waals surface area contributed by atoms with Gasteiger partial charge in [-0.05, 0) is 18.8 Å². The van der Waals surface area contributed by atoms with Crippen LogP contribution in [-0.4, -0.2) is 11.9 Å². The first-order valence-electron chi connectivity index (χ1n) is 6.35. The molecule has 0 aromatic heterocycles. The lowest BCUT2D eigenvalue weighted by Crippen LogP contribution is -2.40. The highest BCUT2D eigenvalue weighted by molar-refractivity contribution is 5.79. The zero-order valence-corrected chi connectivity index (χ0v) is 10.3. The lowest BCUT2D eigenvalue weighted by atomic mass is 9.98. The third kappa shape index (κ3) is 3.84. The fraction of sp³-hybridized carbons (Fsp3) is 0.846. The van der Waals surface area contributed by atoms with Crippen LogP contribution < -0.4 is 5.32 Å². The minimum atomic E-state index is -0.337. The fourth-order valence-corrected chi connectivity index (χ4v) is 2.16. The first kappa shape index (κ1) is 13.0. The van der Waals surface area contributed by atoms with E-state index in [9.17, 15) is 4.79 Å². The molecule has 3 nitrogen and oxygen atoms in total. The average Bonchev–Trinajstić information content (AvgIpc) is 2.53. The lowest BCUT2D eigenvalue weighted by Gasteiger charge is -2.19. The predicted molar refractivity (Wildman–Crippen MR) is 63.6 cm³/mol. The number of rotatable bonds is 3. The van der Waals surface area contributed by atoms with Gasteiger partial charge in [-0.2, -0.15) is 5.26 Å². The van der Waals surface area contributed by atoms with E-state index < -0.39 is 0 Å². The molecule has 0 bridgehead atoms. The first-order valence-corrected chi connectivity index (χ1v) is 6.35. The second kappa shape index (κ2) is 6.52. The summed E-state index contributed by atoms with van der Waals surface area (Å²) in [5, 5.41) is 11.8. The highest BCUT2D eigenvalue weighted by atomic mass is 16.1. The summed E-state index contributed by atoms with van der Waals surface area (Å²) in [5.41, 5.74) is 0. The topological polar surface area (TPSA) is 52.9 Å². The van der Waals surface area contributed by atoms with E-state index in [0.717, 1.165) is 25.7 Å². The van der Waals surface area contributed by atoms with Crippen molar-refractivity contribution in [3.05, 3.63) is 0 Å². The lowest BCUT2D eigenvalue weighted by molar-refractivity contribution is -0.126. The van der Waals surface area contributed by atoms with Crippen molar-refractivity contribution in [1.29, 1.82) is 5.26 Å². The third-order valence-electron chi connectivity index (χ3n) is 3.33. The highest BCUT2D eigenvalue weighted by Crippen LogP contribution is 2.23. The summed E-state index contributed by atoms with van der Waals surface area (Å²) in [7, 11) is 0. The molecule has 0 aliphatic heterocycles. The number of carbonyl (C=O) groups excluding carboxylic acids is 1. The Morgan fingerprint density at radius 1 is 1.25 bits per heavy atom. The van der Waals surface area contributed by atoms with Crippen LogP contribution in [0.5, 0.6) is 0 Å². The van der Waals surface area contributed by atoms with Gasteiger partial charge in [-0.15, -0.1) is 0 Å². The van der Waals surface area contributed by atoms with E-state index >= 15 is 0 Å². The maximum absolute atomic E-state index is 12.0. The summed E-state index contributed by atoms with van der Waals surface area (Å²) in [6.07, 6.45) is 6.77. The van der Waals surface area contributed by atoms with E-state index in [4.69, 9.17) is 5.26 Å². The number of nitrogens with zero attached hydrogens (tertiary/aromatic N) is 1. The molecule has 1 atom stereocenters. The molecule has 16 heavy (non-hydrogen) atoms. The Balaban J connectivity index is 2.47. The zero-order valence-electron chi connectivity index (χ0n) is 10.3. The molecule has 0 spiro atoms.